The van der Waals surface area contributed by atoms with Gasteiger partial charge < -0.3 is 15.3 Å². The molecule has 0 bridgehead atoms. The van der Waals surface area contributed by atoms with Gasteiger partial charge in [0, 0.05) is 29.2 Å². The van der Waals surface area contributed by atoms with Gasteiger partial charge in [-0.05, 0) is 87.0 Å². The molecule has 2 aromatic heterocycles. The number of hydrogen-bond donors (Lipinski definition) is 2. The van der Waals surface area contributed by atoms with Gasteiger partial charge in [0.1, 0.15) is 11.6 Å². The van der Waals surface area contributed by atoms with Crippen LogP contribution in [0.25, 0.3) is 10.9 Å². The highest BCUT2D eigenvalue weighted by Gasteiger charge is 2.27. The molecule has 0 amide bonds. The number of nitrogens with zero attached hydrogens (tertiary/aromatic N) is 5. The minimum atomic E-state index is -0.955. The highest BCUT2D eigenvalue weighted by atomic mass is 35.5. The zero-order chi connectivity index (χ0) is 26.4. The second kappa shape index (κ2) is 10.2. The van der Waals surface area contributed by atoms with Crippen LogP contribution in [0.3, 0.4) is 0 Å². The summed E-state index contributed by atoms with van der Waals surface area (Å²) in [6, 6.07) is 7.65. The molecule has 0 unspecified atom stereocenters. The maximum Gasteiger partial charge on any atom is 0.227 e. The summed E-state index contributed by atoms with van der Waals surface area (Å²) in [5.74, 6) is -0.609. The van der Waals surface area contributed by atoms with Crippen LogP contribution >= 0.6 is 11.6 Å². The van der Waals surface area contributed by atoms with E-state index in [4.69, 9.17) is 16.6 Å². The fraction of sp³-hybridized carbons (Fsp3) is 0.393. The summed E-state index contributed by atoms with van der Waals surface area (Å²) in [6.07, 6.45) is 6.69. The molecule has 2 fully saturated rings. The van der Waals surface area contributed by atoms with Crippen LogP contribution in [0.4, 0.5) is 20.4 Å². The Hall–Kier alpha value is -3.14. The molecule has 10 heteroatoms. The minimum absolute atomic E-state index is 0.247. The van der Waals surface area contributed by atoms with E-state index in [1.807, 2.05) is 19.2 Å². The van der Waals surface area contributed by atoms with Crippen LogP contribution in [-0.2, 0) is 0 Å². The van der Waals surface area contributed by atoms with E-state index in [9.17, 15) is 13.9 Å². The zero-order valence-corrected chi connectivity index (χ0v) is 21.8. The van der Waals surface area contributed by atoms with Crippen LogP contribution in [-0.4, -0.2) is 49.4 Å². The van der Waals surface area contributed by atoms with Gasteiger partial charge in [0.25, 0.3) is 0 Å². The van der Waals surface area contributed by atoms with E-state index in [2.05, 4.69) is 31.0 Å². The Morgan fingerprint density at radius 3 is 2.50 bits per heavy atom. The van der Waals surface area contributed by atoms with E-state index in [0.717, 1.165) is 59.8 Å². The molecule has 0 radical (unpaired) electrons. The average molecular weight is 539 g/mol. The number of anilines is 2. The molecule has 2 N–H and O–H groups in total. The lowest BCUT2D eigenvalue weighted by Gasteiger charge is -2.33. The van der Waals surface area contributed by atoms with Crippen molar-refractivity contribution in [1.29, 1.82) is 0 Å². The number of aliphatic hydroxyl groups excluding tert-OH is 1. The molecule has 7 nitrogen and oxygen atoms in total. The Bertz CT molecular complexity index is 1460. The fourth-order valence-corrected chi connectivity index (χ4v) is 5.66. The van der Waals surface area contributed by atoms with Gasteiger partial charge in [-0.1, -0.05) is 11.6 Å². The van der Waals surface area contributed by atoms with Gasteiger partial charge in [-0.3, -0.25) is 4.68 Å². The summed E-state index contributed by atoms with van der Waals surface area (Å²) >= 11 is 6.69. The smallest absolute Gasteiger partial charge is 0.227 e. The fourth-order valence-electron chi connectivity index (χ4n) is 5.34. The molecule has 1 saturated heterocycles. The Morgan fingerprint density at radius 1 is 1.05 bits per heavy atom. The van der Waals surface area contributed by atoms with E-state index in [-0.39, 0.29) is 11.5 Å². The van der Waals surface area contributed by atoms with Gasteiger partial charge in [0.05, 0.1) is 35.2 Å². The van der Waals surface area contributed by atoms with Crippen LogP contribution in [0.5, 0.6) is 0 Å². The first kappa shape index (κ1) is 25.2. The van der Waals surface area contributed by atoms with Crippen molar-refractivity contribution in [1.82, 2.24) is 24.6 Å². The van der Waals surface area contributed by atoms with Crippen LogP contribution < -0.4 is 5.32 Å². The highest BCUT2D eigenvalue weighted by Crippen LogP contribution is 2.38. The third kappa shape index (κ3) is 5.23. The first-order chi connectivity index (χ1) is 18.3. The first-order valence-corrected chi connectivity index (χ1v) is 13.4. The Kier molecular flexibility index (Phi) is 6.75. The molecule has 38 heavy (non-hydrogen) atoms. The Morgan fingerprint density at radius 2 is 1.79 bits per heavy atom. The van der Waals surface area contributed by atoms with Crippen molar-refractivity contribution in [2.45, 2.75) is 50.7 Å². The van der Waals surface area contributed by atoms with Crippen LogP contribution in [0, 0.1) is 18.6 Å². The van der Waals surface area contributed by atoms with Gasteiger partial charge in [-0.15, -0.1) is 0 Å². The molecule has 1 aliphatic heterocycles. The quantitative estimate of drug-likeness (QED) is 0.298. The standard InChI is InChI=1S/C28H29ClF2N6O/c1-16-26(14-33-37(16)22-2-3-22)35-28-32-13-19-10-24(29)23(12-25(19)34-28)17-4-6-36(7-5-17)15-27(38)18-8-20(30)11-21(31)9-18/h8-14,17,22,27,38H,2-7,15H2,1H3,(H,32,34,35)/t27-/m0/s1. The normalized spacial score (nSPS) is 17.7. The van der Waals surface area contributed by atoms with Gasteiger partial charge in [0.2, 0.25) is 5.95 Å². The summed E-state index contributed by atoms with van der Waals surface area (Å²) in [7, 11) is 0. The molecule has 1 atom stereocenters. The number of rotatable bonds is 7. The van der Waals surface area contributed by atoms with Crippen molar-refractivity contribution in [2.75, 3.05) is 25.0 Å². The van der Waals surface area contributed by atoms with Crippen molar-refractivity contribution < 1.29 is 13.9 Å². The van der Waals surface area contributed by atoms with Crippen molar-refractivity contribution in [3.63, 3.8) is 0 Å². The molecule has 0 spiro atoms. The summed E-state index contributed by atoms with van der Waals surface area (Å²) in [5, 5.41) is 19.9. The molecule has 1 aliphatic carbocycles. The Labute approximate surface area is 224 Å². The third-order valence-electron chi connectivity index (χ3n) is 7.61. The molecule has 198 valence electrons. The number of fused-ring (bicyclic) bond motifs is 1. The van der Waals surface area contributed by atoms with E-state index >= 15 is 0 Å². The number of halogens is 3. The number of likely N-dealkylation sites (tertiary alicyclic amines) is 1. The number of aromatic nitrogens is 4. The highest BCUT2D eigenvalue weighted by molar-refractivity contribution is 6.32. The van der Waals surface area contributed by atoms with Crippen LogP contribution in [0.2, 0.25) is 5.02 Å². The number of aliphatic hydroxyl groups is 1. The van der Waals surface area contributed by atoms with E-state index < -0.39 is 17.7 Å². The van der Waals surface area contributed by atoms with E-state index in [1.54, 1.807) is 6.20 Å². The molecule has 2 aromatic carbocycles. The molecule has 2 aliphatic rings. The second-order valence-electron chi connectivity index (χ2n) is 10.4. The summed E-state index contributed by atoms with van der Waals surface area (Å²) in [4.78, 5) is 11.4. The number of hydrogen-bond acceptors (Lipinski definition) is 6. The van der Waals surface area contributed by atoms with Crippen molar-refractivity contribution >= 4 is 34.1 Å². The summed E-state index contributed by atoms with van der Waals surface area (Å²) in [6.45, 7) is 3.86. The zero-order valence-electron chi connectivity index (χ0n) is 21.0. The van der Waals surface area contributed by atoms with Gasteiger partial charge >= 0.3 is 0 Å². The SMILES string of the molecule is Cc1c(Nc2ncc3cc(Cl)c(C4CCN(C[C@H](O)c5cc(F)cc(F)c5)CC4)cc3n2)cnn1C1CC1. The monoisotopic (exact) mass is 538 g/mol. The van der Waals surface area contributed by atoms with Gasteiger partial charge in [-0.25, -0.2) is 18.7 Å². The average Bonchev–Trinajstić information content (AvgIpc) is 3.67. The third-order valence-corrected chi connectivity index (χ3v) is 7.94. The van der Waals surface area contributed by atoms with E-state index in [1.165, 1.54) is 25.0 Å². The molecular weight excluding hydrogens is 510 g/mol. The van der Waals surface area contributed by atoms with Gasteiger partial charge in [-0.2, -0.15) is 5.10 Å². The lowest BCUT2D eigenvalue weighted by molar-refractivity contribution is 0.0968. The molecule has 3 heterocycles. The van der Waals surface area contributed by atoms with Crippen molar-refractivity contribution in [2.24, 2.45) is 0 Å². The topological polar surface area (TPSA) is 79.1 Å². The van der Waals surface area contributed by atoms with Gasteiger partial charge in [0.15, 0.2) is 0 Å². The summed E-state index contributed by atoms with van der Waals surface area (Å²) in [5.41, 5.74) is 4.10. The summed E-state index contributed by atoms with van der Waals surface area (Å²) < 4.78 is 29.1. The maximum absolute atomic E-state index is 13.5. The molecular formula is C28H29ClF2N6O. The molecule has 6 rings (SSSR count). The predicted molar refractivity (Wildman–Crippen MR) is 143 cm³/mol. The molecule has 4 aromatic rings. The largest absolute Gasteiger partial charge is 0.387 e. The number of benzene rings is 2. The number of piperidine rings is 1. The number of β-amino-alcohol motifs (C(OH)–C–C–N with tert-alkyl or cyclic N) is 1. The van der Waals surface area contributed by atoms with E-state index in [0.29, 0.717) is 23.6 Å². The second-order valence-corrected chi connectivity index (χ2v) is 10.8. The van der Waals surface area contributed by atoms with Crippen molar-refractivity contribution in [3.05, 3.63) is 76.2 Å². The lowest BCUT2D eigenvalue weighted by atomic mass is 9.88. The maximum atomic E-state index is 13.5. The predicted octanol–water partition coefficient (Wildman–Crippen LogP) is 6.06. The van der Waals surface area contributed by atoms with Crippen LogP contribution in [0.1, 0.15) is 60.6 Å². The van der Waals surface area contributed by atoms with Crippen LogP contribution in [0.15, 0.2) is 42.7 Å². The molecule has 1 saturated carbocycles. The van der Waals surface area contributed by atoms with Crippen molar-refractivity contribution in [3.8, 4) is 0 Å². The first-order valence-electron chi connectivity index (χ1n) is 13.0. The Balaban J connectivity index is 1.14. The minimum Gasteiger partial charge on any atom is -0.387 e. The lowest BCUT2D eigenvalue weighted by Crippen LogP contribution is -2.36. The number of nitrogens with one attached hydrogen (secondary N) is 1.